The van der Waals surface area contributed by atoms with E-state index in [1.807, 2.05) is 6.26 Å². The van der Waals surface area contributed by atoms with Crippen LogP contribution in [-0.4, -0.2) is 61.1 Å². The zero-order valence-electron chi connectivity index (χ0n) is 30.2. The van der Waals surface area contributed by atoms with Crippen molar-refractivity contribution in [1.82, 2.24) is 39.2 Å². The average Bonchev–Trinajstić information content (AvgIpc) is 4.09. The number of anilines is 1. The summed E-state index contributed by atoms with van der Waals surface area (Å²) < 4.78 is 58.8. The molecule has 3 N–H and O–H groups in total. The van der Waals surface area contributed by atoms with Crippen molar-refractivity contribution in [3.05, 3.63) is 133 Å². The monoisotopic (exact) mass is 811 g/mol. The second-order valence-corrected chi connectivity index (χ2v) is 12.7. The molecule has 20 heteroatoms. The molecule has 0 aliphatic heterocycles. The van der Waals surface area contributed by atoms with Gasteiger partial charge in [0, 0.05) is 52.8 Å². The Hall–Kier alpha value is -7.10. The fourth-order valence-electron chi connectivity index (χ4n) is 5.78. The molecule has 0 aliphatic carbocycles. The second kappa shape index (κ2) is 18.4. The van der Waals surface area contributed by atoms with Gasteiger partial charge in [-0.25, -0.2) is 23.1 Å². The first kappa shape index (κ1) is 41.5. The Morgan fingerprint density at radius 2 is 1.24 bits per heavy atom. The van der Waals surface area contributed by atoms with Crippen molar-refractivity contribution < 1.29 is 26.4 Å². The Labute approximate surface area is 340 Å². The molecule has 7 heterocycles. The number of nitrogens with two attached hydrogens (primary N) is 1. The van der Waals surface area contributed by atoms with Gasteiger partial charge in [-0.15, -0.1) is 20.4 Å². The predicted molar refractivity (Wildman–Crippen MR) is 219 cm³/mol. The van der Waals surface area contributed by atoms with Crippen LogP contribution in [0.2, 0.25) is 0 Å². The van der Waals surface area contributed by atoms with Crippen molar-refractivity contribution in [3.63, 3.8) is 0 Å². The molecule has 0 unspecified atom stereocenters. The smallest absolute Gasteiger partial charge is 0.210 e. The highest BCUT2D eigenvalue weighted by Crippen LogP contribution is 2.25. The van der Waals surface area contributed by atoms with Crippen molar-refractivity contribution in [2.24, 2.45) is 5.73 Å². The highest BCUT2D eigenvalue weighted by atomic mass is 32.2. The number of thioether (sulfide) groups is 1. The van der Waals surface area contributed by atoms with Gasteiger partial charge in [0.05, 0.1) is 24.4 Å². The molecule has 292 valence electrons. The maximum atomic E-state index is 14.1. The third-order valence-corrected chi connectivity index (χ3v) is 9.24. The molecule has 14 nitrogen and oxygen atoms in total. The number of nitriles is 1. The molecule has 7 aromatic heterocycles. The predicted octanol–water partition coefficient (Wildman–Crippen LogP) is 6.17. The van der Waals surface area contributed by atoms with Crippen LogP contribution in [0.5, 0.6) is 0 Å². The van der Waals surface area contributed by atoms with Crippen LogP contribution >= 0.6 is 11.8 Å². The number of hydrogen-bond acceptors (Lipinski definition) is 13. The Bertz CT molecular complexity index is 3070. The average molecular weight is 811 g/mol. The molecule has 0 saturated heterocycles. The molecular weight excluding hydrogens is 781 g/mol. The van der Waals surface area contributed by atoms with E-state index in [-0.39, 0.29) is 37.7 Å². The number of nitrogens with zero attached hydrogens (tertiary/aromatic N) is 9. The molecule has 0 atom stereocenters. The van der Waals surface area contributed by atoms with E-state index in [0.29, 0.717) is 61.4 Å². The van der Waals surface area contributed by atoms with Crippen LogP contribution in [0.25, 0.3) is 44.2 Å². The molecule has 0 bridgehead atoms. The molecule has 10 rings (SSSR count). The Morgan fingerprint density at radius 1 is 0.729 bits per heavy atom. The first-order valence-electron chi connectivity index (χ1n) is 16.9. The molecule has 10 aromatic rings. The van der Waals surface area contributed by atoms with Gasteiger partial charge in [-0.2, -0.15) is 5.26 Å². The lowest BCUT2D eigenvalue weighted by molar-refractivity contribution is 0.602. The number of rotatable bonds is 5. The Morgan fingerprint density at radius 3 is 1.83 bits per heavy atom. The van der Waals surface area contributed by atoms with Gasteiger partial charge in [-0.05, 0) is 71.8 Å². The van der Waals surface area contributed by atoms with Gasteiger partial charge in [0.15, 0.2) is 16.5 Å². The van der Waals surface area contributed by atoms with Crippen LogP contribution < -0.4 is 22.0 Å². The topological polar surface area (TPSA) is 187 Å². The van der Waals surface area contributed by atoms with Gasteiger partial charge in [0.2, 0.25) is 5.95 Å². The van der Waals surface area contributed by atoms with Gasteiger partial charge in [-0.3, -0.25) is 8.80 Å². The van der Waals surface area contributed by atoms with Crippen molar-refractivity contribution in [1.29, 1.82) is 5.26 Å². The minimum atomic E-state index is -0.508. The summed E-state index contributed by atoms with van der Waals surface area (Å²) in [5, 5.41) is 29.9. The Kier molecular flexibility index (Phi) is 13.0. The number of furan rings is 3. The van der Waals surface area contributed by atoms with Gasteiger partial charge in [0.1, 0.15) is 68.6 Å². The van der Waals surface area contributed by atoms with Crippen LogP contribution in [0.4, 0.5) is 19.1 Å². The molecule has 0 aliphatic rings. The van der Waals surface area contributed by atoms with Crippen LogP contribution in [0, 0.1) is 28.8 Å². The standard InChI is InChI=1S/C14H9BFN5O.C9H8FNO.C9H4FNO.C6H5BN4S.CH4/c15-10-6-18-14(21-7-19-20-13(10)21)17-5-9-8-3-4-22-12(8)2-1-11(9)16;2*10-8-1-2-9-6(3-4-12-9)7(8)5-11;1-12-6-8-2-4(7)5-10-9-3-11(5)6;/h1-4,6-7H,5H2,(H,17,18);1-4H,5,11H2;1-4H;2-3H,1H3;1H4. The summed E-state index contributed by atoms with van der Waals surface area (Å²) in [6, 6.07) is 15.5. The fraction of sp³-hybridized carbons (Fsp3) is 0.103. The lowest BCUT2D eigenvalue weighted by Crippen LogP contribution is -2.14. The van der Waals surface area contributed by atoms with Crippen molar-refractivity contribution in [3.8, 4) is 6.07 Å². The van der Waals surface area contributed by atoms with Crippen LogP contribution in [-0.2, 0) is 13.1 Å². The highest BCUT2D eigenvalue weighted by molar-refractivity contribution is 7.98. The van der Waals surface area contributed by atoms with E-state index >= 15 is 0 Å². The highest BCUT2D eigenvalue weighted by Gasteiger charge is 2.13. The second-order valence-electron chi connectivity index (χ2n) is 11.9. The van der Waals surface area contributed by atoms with E-state index < -0.39 is 5.82 Å². The molecule has 4 radical (unpaired) electrons. The maximum absolute atomic E-state index is 14.1. The minimum absolute atomic E-state index is 0. The van der Waals surface area contributed by atoms with E-state index in [9.17, 15) is 13.2 Å². The van der Waals surface area contributed by atoms with Gasteiger partial charge in [-0.1, -0.05) is 19.2 Å². The van der Waals surface area contributed by atoms with E-state index in [1.165, 1.54) is 67.3 Å². The fourth-order valence-corrected chi connectivity index (χ4v) is 6.26. The lowest BCUT2D eigenvalue weighted by atomic mass is 10.00. The van der Waals surface area contributed by atoms with Crippen LogP contribution in [0.15, 0.2) is 117 Å². The van der Waals surface area contributed by atoms with Crippen LogP contribution in [0.1, 0.15) is 24.1 Å². The molecule has 0 fully saturated rings. The molecule has 0 saturated carbocycles. The molecule has 0 spiro atoms. The Balaban J connectivity index is 0.000000138. The largest absolute Gasteiger partial charge is 0.464 e. The lowest BCUT2D eigenvalue weighted by Gasteiger charge is -2.10. The number of nitrogens with one attached hydrogen (secondary N) is 1. The molecular formula is C39H30B2F3N11O3S. The molecule has 0 amide bonds. The summed E-state index contributed by atoms with van der Waals surface area (Å²) in [7, 11) is 11.4. The minimum Gasteiger partial charge on any atom is -0.464 e. The first-order chi connectivity index (χ1) is 28.2. The van der Waals surface area contributed by atoms with Crippen molar-refractivity contribution in [2.45, 2.75) is 25.7 Å². The summed E-state index contributed by atoms with van der Waals surface area (Å²) in [6.45, 7) is 0.440. The summed E-state index contributed by atoms with van der Waals surface area (Å²) in [5.41, 5.74) is 10.4. The zero-order valence-corrected chi connectivity index (χ0v) is 31.0. The number of halogens is 3. The number of aromatic nitrogens is 8. The van der Waals surface area contributed by atoms with E-state index in [4.69, 9.17) is 39.9 Å². The number of hydrogen-bond donors (Lipinski definition) is 2. The normalized spacial score (nSPS) is 10.6. The van der Waals surface area contributed by atoms with E-state index in [2.05, 4.69) is 35.7 Å². The van der Waals surface area contributed by atoms with Crippen molar-refractivity contribution >= 4 is 88.5 Å². The van der Waals surface area contributed by atoms with E-state index in [0.717, 1.165) is 15.9 Å². The SMILES string of the molecule is C.N#Cc1c(F)ccc2occc12.NCc1c(F)ccc2occc12.[B]c1cnc(NCc2c(F)ccc3occc23)n2cnnc12.[B]c1cnc(SC)n2cnnc12. The first-order valence-corrected chi connectivity index (χ1v) is 18.2. The third kappa shape index (κ3) is 8.61. The summed E-state index contributed by atoms with van der Waals surface area (Å²) >= 11 is 1.53. The quantitative estimate of drug-likeness (QED) is 0.114. The van der Waals surface area contributed by atoms with E-state index in [1.54, 1.807) is 57.7 Å². The van der Waals surface area contributed by atoms with Crippen molar-refractivity contribution in [2.75, 3.05) is 11.6 Å². The summed E-state index contributed by atoms with van der Waals surface area (Å²) in [6.07, 6.45) is 12.6. The molecule has 3 aromatic carbocycles. The maximum Gasteiger partial charge on any atom is 0.210 e. The van der Waals surface area contributed by atoms with Crippen LogP contribution in [0.3, 0.4) is 0 Å². The number of benzene rings is 3. The van der Waals surface area contributed by atoms with Gasteiger partial charge < -0.3 is 24.3 Å². The third-order valence-electron chi connectivity index (χ3n) is 8.57. The molecule has 59 heavy (non-hydrogen) atoms. The number of fused-ring (bicyclic) bond motifs is 5. The van der Waals surface area contributed by atoms with Gasteiger partial charge in [0.25, 0.3) is 0 Å². The zero-order chi connectivity index (χ0) is 40.8. The summed E-state index contributed by atoms with van der Waals surface area (Å²) in [5.74, 6) is -0.608. The summed E-state index contributed by atoms with van der Waals surface area (Å²) in [4.78, 5) is 8.31. The van der Waals surface area contributed by atoms with Gasteiger partial charge >= 0.3 is 0 Å².